The minimum Gasteiger partial charge on any atom is -0.399 e. The number of carbonyl (C=O) groups excluding carboxylic acids is 1. The lowest BCUT2D eigenvalue weighted by atomic mass is 10.3. The van der Waals surface area contributed by atoms with Crippen LogP contribution in [0.15, 0.2) is 23.1 Å². The number of nitrogen functional groups attached to an aromatic ring is 1. The Labute approximate surface area is 85.8 Å². The van der Waals surface area contributed by atoms with Gasteiger partial charge in [-0.15, -0.1) is 0 Å². The van der Waals surface area contributed by atoms with Crippen LogP contribution in [0.25, 0.3) is 0 Å². The Bertz CT molecular complexity index is 499. The average Bonchev–Trinajstić information content (AvgIpc) is 1.99. The van der Waals surface area contributed by atoms with E-state index in [1.165, 1.54) is 6.07 Å². The average molecular weight is 232 g/mol. The molecule has 1 amide bonds. The van der Waals surface area contributed by atoms with Gasteiger partial charge in [-0.3, -0.25) is 4.79 Å². The van der Waals surface area contributed by atoms with Crippen LogP contribution in [0.1, 0.15) is 0 Å². The number of primary amides is 1. The van der Waals surface area contributed by atoms with Gasteiger partial charge in [-0.25, -0.2) is 12.8 Å². The number of halogens is 1. The fraction of sp³-hybridized carbons (Fsp3) is 0.125. The van der Waals surface area contributed by atoms with Crippen molar-refractivity contribution < 1.29 is 17.6 Å². The third-order valence-corrected chi connectivity index (χ3v) is 3.29. The number of hydrogen-bond acceptors (Lipinski definition) is 4. The highest BCUT2D eigenvalue weighted by Crippen LogP contribution is 2.18. The maximum atomic E-state index is 13.2. The molecule has 0 aliphatic carbocycles. The molecule has 1 aromatic rings. The Kier molecular flexibility index (Phi) is 2.94. The van der Waals surface area contributed by atoms with E-state index in [2.05, 4.69) is 0 Å². The second-order valence-corrected chi connectivity index (χ2v) is 4.87. The number of sulfone groups is 1. The van der Waals surface area contributed by atoms with Crippen LogP contribution >= 0.6 is 0 Å². The molecule has 0 radical (unpaired) electrons. The van der Waals surface area contributed by atoms with E-state index < -0.39 is 32.2 Å². The number of carbonyl (C=O) groups is 1. The Morgan fingerprint density at radius 1 is 1.40 bits per heavy atom. The molecule has 0 aliphatic rings. The van der Waals surface area contributed by atoms with Crippen molar-refractivity contribution in [1.82, 2.24) is 0 Å². The molecule has 82 valence electrons. The summed E-state index contributed by atoms with van der Waals surface area (Å²) in [5.41, 5.74) is 10.1. The molecule has 0 saturated heterocycles. The van der Waals surface area contributed by atoms with Crippen LogP contribution in [-0.2, 0) is 14.6 Å². The number of benzene rings is 1. The Morgan fingerprint density at radius 2 is 2.00 bits per heavy atom. The van der Waals surface area contributed by atoms with Crippen molar-refractivity contribution in [2.24, 2.45) is 5.73 Å². The van der Waals surface area contributed by atoms with Gasteiger partial charge in [0, 0.05) is 5.69 Å². The summed E-state index contributed by atoms with van der Waals surface area (Å²) < 4.78 is 36.0. The van der Waals surface area contributed by atoms with Gasteiger partial charge in [0.2, 0.25) is 5.91 Å². The fourth-order valence-electron chi connectivity index (χ4n) is 1.03. The van der Waals surface area contributed by atoms with E-state index in [1.54, 1.807) is 0 Å². The maximum absolute atomic E-state index is 13.2. The van der Waals surface area contributed by atoms with E-state index in [1.807, 2.05) is 0 Å². The minimum atomic E-state index is -4.01. The van der Waals surface area contributed by atoms with E-state index >= 15 is 0 Å². The number of anilines is 1. The molecule has 1 aromatic carbocycles. The lowest BCUT2D eigenvalue weighted by molar-refractivity contribution is -0.115. The molecule has 0 heterocycles. The normalized spacial score (nSPS) is 11.3. The molecule has 0 bridgehead atoms. The Hall–Kier alpha value is -1.63. The van der Waals surface area contributed by atoms with Crippen LogP contribution < -0.4 is 11.5 Å². The monoisotopic (exact) mass is 232 g/mol. The Balaban J connectivity index is 3.22. The first-order chi connectivity index (χ1) is 6.83. The summed E-state index contributed by atoms with van der Waals surface area (Å²) in [5, 5.41) is 0. The largest absolute Gasteiger partial charge is 0.399 e. The van der Waals surface area contributed by atoms with Crippen LogP contribution in [0.3, 0.4) is 0 Å². The number of rotatable bonds is 3. The summed E-state index contributed by atoms with van der Waals surface area (Å²) in [6.07, 6.45) is 0. The highest BCUT2D eigenvalue weighted by molar-refractivity contribution is 7.92. The summed E-state index contributed by atoms with van der Waals surface area (Å²) >= 11 is 0. The zero-order valence-corrected chi connectivity index (χ0v) is 8.42. The molecule has 7 heteroatoms. The summed E-state index contributed by atoms with van der Waals surface area (Å²) in [6, 6.07) is 3.10. The second-order valence-electron chi connectivity index (χ2n) is 2.92. The number of amides is 1. The summed E-state index contributed by atoms with van der Waals surface area (Å²) in [4.78, 5) is 9.89. The van der Waals surface area contributed by atoms with Gasteiger partial charge in [-0.1, -0.05) is 0 Å². The van der Waals surface area contributed by atoms with Gasteiger partial charge in [0.25, 0.3) is 0 Å². The van der Waals surface area contributed by atoms with Crippen molar-refractivity contribution in [3.05, 3.63) is 24.0 Å². The van der Waals surface area contributed by atoms with Crippen molar-refractivity contribution in [1.29, 1.82) is 0 Å². The molecule has 0 aliphatic heterocycles. The molecule has 0 aromatic heterocycles. The summed E-state index contributed by atoms with van der Waals surface area (Å²) in [5.74, 6) is -2.95. The quantitative estimate of drug-likeness (QED) is 0.696. The minimum absolute atomic E-state index is 0.102. The van der Waals surface area contributed by atoms with Gasteiger partial charge >= 0.3 is 0 Å². The van der Waals surface area contributed by atoms with Crippen molar-refractivity contribution in [2.45, 2.75) is 4.90 Å². The molecule has 0 atom stereocenters. The predicted molar refractivity (Wildman–Crippen MR) is 52.1 cm³/mol. The molecule has 4 N–H and O–H groups in total. The highest BCUT2D eigenvalue weighted by atomic mass is 32.2. The van der Waals surface area contributed by atoms with Crippen LogP contribution in [-0.4, -0.2) is 20.1 Å². The SMILES string of the molecule is NC(=O)CS(=O)(=O)c1ccc(N)cc1F. The first kappa shape index (κ1) is 11.4. The molecule has 15 heavy (non-hydrogen) atoms. The van der Waals surface area contributed by atoms with Gasteiger partial charge in [0.1, 0.15) is 16.5 Å². The first-order valence-electron chi connectivity index (χ1n) is 3.89. The Morgan fingerprint density at radius 3 is 2.47 bits per heavy atom. The van der Waals surface area contributed by atoms with E-state index in [0.29, 0.717) is 0 Å². The van der Waals surface area contributed by atoms with E-state index in [-0.39, 0.29) is 5.69 Å². The molecule has 5 nitrogen and oxygen atoms in total. The first-order valence-corrected chi connectivity index (χ1v) is 5.54. The highest BCUT2D eigenvalue weighted by Gasteiger charge is 2.21. The molecule has 1 rings (SSSR count). The zero-order chi connectivity index (χ0) is 11.6. The van der Waals surface area contributed by atoms with E-state index in [9.17, 15) is 17.6 Å². The fourth-order valence-corrected chi connectivity index (χ4v) is 2.20. The van der Waals surface area contributed by atoms with Gasteiger partial charge in [-0.05, 0) is 18.2 Å². The van der Waals surface area contributed by atoms with Crippen molar-refractivity contribution >= 4 is 21.4 Å². The number of nitrogens with two attached hydrogens (primary N) is 2. The van der Waals surface area contributed by atoms with Crippen LogP contribution in [0, 0.1) is 5.82 Å². The lowest BCUT2D eigenvalue weighted by Crippen LogP contribution is -2.23. The van der Waals surface area contributed by atoms with Crippen molar-refractivity contribution in [3.63, 3.8) is 0 Å². The molecular weight excluding hydrogens is 223 g/mol. The smallest absolute Gasteiger partial charge is 0.233 e. The topological polar surface area (TPSA) is 103 Å². The molecule has 0 unspecified atom stereocenters. The molecule has 0 spiro atoms. The van der Waals surface area contributed by atoms with Crippen LogP contribution in [0.4, 0.5) is 10.1 Å². The van der Waals surface area contributed by atoms with E-state index in [0.717, 1.165) is 12.1 Å². The van der Waals surface area contributed by atoms with E-state index in [4.69, 9.17) is 11.5 Å². The molecule has 0 fully saturated rings. The lowest BCUT2D eigenvalue weighted by Gasteiger charge is -2.03. The summed E-state index contributed by atoms with van der Waals surface area (Å²) in [6.45, 7) is 0. The van der Waals surface area contributed by atoms with Gasteiger partial charge < -0.3 is 11.5 Å². The van der Waals surface area contributed by atoms with Gasteiger partial charge in [-0.2, -0.15) is 0 Å². The molecule has 0 saturated carbocycles. The van der Waals surface area contributed by atoms with Gasteiger partial charge in [0.05, 0.1) is 0 Å². The second kappa shape index (κ2) is 3.85. The zero-order valence-electron chi connectivity index (χ0n) is 7.60. The number of hydrogen-bond donors (Lipinski definition) is 2. The standard InChI is InChI=1S/C8H9FN2O3S/c9-6-3-5(10)1-2-7(6)15(13,14)4-8(11)12/h1-3H,4,10H2,(H2,11,12). The predicted octanol–water partition coefficient (Wildman–Crippen LogP) is -0.333. The summed E-state index contributed by atoms with van der Waals surface area (Å²) in [7, 11) is -4.01. The van der Waals surface area contributed by atoms with Gasteiger partial charge in [0.15, 0.2) is 9.84 Å². The van der Waals surface area contributed by atoms with Crippen molar-refractivity contribution in [2.75, 3.05) is 11.5 Å². The van der Waals surface area contributed by atoms with Crippen molar-refractivity contribution in [3.8, 4) is 0 Å². The van der Waals surface area contributed by atoms with Crippen LogP contribution in [0.5, 0.6) is 0 Å². The third-order valence-electron chi connectivity index (χ3n) is 1.62. The molecular formula is C8H9FN2O3S. The van der Waals surface area contributed by atoms with Crippen LogP contribution in [0.2, 0.25) is 0 Å². The maximum Gasteiger partial charge on any atom is 0.233 e. The third kappa shape index (κ3) is 2.66.